The topological polar surface area (TPSA) is 27.1 Å². The number of hydrogen-bond acceptors (Lipinski definition) is 2. The lowest BCUT2D eigenvalue weighted by atomic mass is 10.0. The second-order valence-corrected chi connectivity index (χ2v) is 6.74. The second-order valence-electron chi connectivity index (χ2n) is 6.74. The van der Waals surface area contributed by atoms with Crippen LogP contribution in [0.25, 0.3) is 27.4 Å². The molecule has 0 unspecified atom stereocenters. The van der Waals surface area contributed by atoms with Gasteiger partial charge in [0.2, 0.25) is 0 Å². The first-order chi connectivity index (χ1) is 12.0. The summed E-state index contributed by atoms with van der Waals surface area (Å²) >= 11 is 0. The van der Waals surface area contributed by atoms with Gasteiger partial charge >= 0.3 is 0 Å². The molecule has 0 saturated heterocycles. The number of hydrogen-bond donors (Lipinski definition) is 0. The van der Waals surface area contributed by atoms with E-state index in [2.05, 4.69) is 74.8 Å². The highest BCUT2D eigenvalue weighted by Crippen LogP contribution is 2.32. The van der Waals surface area contributed by atoms with E-state index in [1.807, 2.05) is 0 Å². The number of nitrogens with zero attached hydrogens (tertiary/aromatic N) is 2. The van der Waals surface area contributed by atoms with Crippen molar-refractivity contribution < 1.29 is 4.74 Å². The zero-order chi connectivity index (χ0) is 17.7. The molecule has 126 valence electrons. The lowest BCUT2D eigenvalue weighted by Crippen LogP contribution is -2.04. The molecule has 0 fully saturated rings. The molecule has 0 spiro atoms. The first kappa shape index (κ1) is 15.7. The van der Waals surface area contributed by atoms with Crippen molar-refractivity contribution in [3.63, 3.8) is 0 Å². The number of methoxy groups -OCH3 is 1. The highest BCUT2D eigenvalue weighted by Gasteiger charge is 2.16. The third kappa shape index (κ3) is 2.30. The molecule has 1 aromatic heterocycles. The molecule has 3 aromatic carbocycles. The Kier molecular flexibility index (Phi) is 3.53. The van der Waals surface area contributed by atoms with Gasteiger partial charge in [0.15, 0.2) is 0 Å². The van der Waals surface area contributed by atoms with E-state index in [-0.39, 0.29) is 0 Å². The quantitative estimate of drug-likeness (QED) is 0.490. The Balaban J connectivity index is 2.08. The molecule has 4 rings (SSSR count). The van der Waals surface area contributed by atoms with Crippen LogP contribution in [0.15, 0.2) is 42.5 Å². The van der Waals surface area contributed by atoms with E-state index in [1.54, 1.807) is 7.11 Å². The molecule has 0 radical (unpaired) electrons. The number of aromatic nitrogens is 2. The van der Waals surface area contributed by atoms with Gasteiger partial charge < -0.3 is 4.74 Å². The summed E-state index contributed by atoms with van der Waals surface area (Å²) in [6.45, 7) is 8.52. The molecule has 0 N–H and O–H groups in total. The minimum Gasteiger partial charge on any atom is -0.497 e. The monoisotopic (exact) mass is 330 g/mol. The van der Waals surface area contributed by atoms with Crippen molar-refractivity contribution in [1.82, 2.24) is 9.78 Å². The number of ether oxygens (including phenoxy) is 1. The maximum absolute atomic E-state index is 5.40. The molecule has 0 amide bonds. The van der Waals surface area contributed by atoms with E-state index in [4.69, 9.17) is 9.84 Å². The van der Waals surface area contributed by atoms with Crippen LogP contribution in [0.3, 0.4) is 0 Å². The fourth-order valence-corrected chi connectivity index (χ4v) is 3.81. The fraction of sp³-hybridized carbons (Fsp3) is 0.227. The van der Waals surface area contributed by atoms with Gasteiger partial charge in [-0.3, -0.25) is 0 Å². The summed E-state index contributed by atoms with van der Waals surface area (Å²) in [7, 11) is 1.70. The normalized spacial score (nSPS) is 11.4. The molecule has 3 nitrogen and oxygen atoms in total. The maximum atomic E-state index is 5.40. The average Bonchev–Trinajstić information content (AvgIpc) is 2.91. The van der Waals surface area contributed by atoms with Crippen molar-refractivity contribution in [3.05, 3.63) is 64.8 Å². The van der Waals surface area contributed by atoms with Crippen LogP contribution in [-0.4, -0.2) is 16.9 Å². The van der Waals surface area contributed by atoms with Gasteiger partial charge in [-0.25, -0.2) is 4.68 Å². The number of aryl methyl sites for hydroxylation is 4. The molecule has 0 aliphatic carbocycles. The first-order valence-corrected chi connectivity index (χ1v) is 8.54. The summed E-state index contributed by atoms with van der Waals surface area (Å²) in [4.78, 5) is 0. The van der Waals surface area contributed by atoms with E-state index in [0.717, 1.165) is 33.8 Å². The molecular weight excluding hydrogens is 308 g/mol. The summed E-state index contributed by atoms with van der Waals surface area (Å²) in [6.07, 6.45) is 0. The van der Waals surface area contributed by atoms with Crippen molar-refractivity contribution >= 4 is 21.7 Å². The third-order valence-electron chi connectivity index (χ3n) is 5.05. The summed E-state index contributed by atoms with van der Waals surface area (Å²) in [5.74, 6) is 0.884. The molecular formula is C22H22N2O. The molecule has 0 aliphatic heterocycles. The SMILES string of the molecule is COc1cc(C)c(-n2nc3c(ccc4cccc(C)c43)c2C)c(C)c1. The van der Waals surface area contributed by atoms with Gasteiger partial charge in [-0.2, -0.15) is 5.10 Å². The molecule has 4 aromatic rings. The predicted octanol–water partition coefficient (Wildman–Crippen LogP) is 5.42. The minimum absolute atomic E-state index is 0.884. The third-order valence-corrected chi connectivity index (χ3v) is 5.05. The van der Waals surface area contributed by atoms with Crippen molar-refractivity contribution in [2.75, 3.05) is 7.11 Å². The van der Waals surface area contributed by atoms with Crippen LogP contribution in [0.1, 0.15) is 22.4 Å². The molecule has 0 atom stereocenters. The minimum atomic E-state index is 0.884. The van der Waals surface area contributed by atoms with E-state index in [1.165, 1.54) is 21.7 Å². The van der Waals surface area contributed by atoms with E-state index in [0.29, 0.717) is 0 Å². The van der Waals surface area contributed by atoms with Crippen LogP contribution in [0, 0.1) is 27.7 Å². The van der Waals surface area contributed by atoms with Crippen LogP contribution in [-0.2, 0) is 0 Å². The average molecular weight is 330 g/mol. The lowest BCUT2D eigenvalue weighted by molar-refractivity contribution is 0.414. The Morgan fingerprint density at radius 3 is 2.28 bits per heavy atom. The largest absolute Gasteiger partial charge is 0.497 e. The zero-order valence-corrected chi connectivity index (χ0v) is 15.3. The van der Waals surface area contributed by atoms with Crippen molar-refractivity contribution in [1.29, 1.82) is 0 Å². The number of fused-ring (bicyclic) bond motifs is 3. The van der Waals surface area contributed by atoms with E-state index >= 15 is 0 Å². The smallest absolute Gasteiger partial charge is 0.119 e. The number of rotatable bonds is 2. The maximum Gasteiger partial charge on any atom is 0.119 e. The fourth-order valence-electron chi connectivity index (χ4n) is 3.81. The van der Waals surface area contributed by atoms with Crippen molar-refractivity contribution in [2.45, 2.75) is 27.7 Å². The van der Waals surface area contributed by atoms with Crippen LogP contribution in [0.2, 0.25) is 0 Å². The van der Waals surface area contributed by atoms with Gasteiger partial charge in [0.1, 0.15) is 11.3 Å². The highest BCUT2D eigenvalue weighted by atomic mass is 16.5. The van der Waals surface area contributed by atoms with Gasteiger partial charge in [0.05, 0.1) is 12.8 Å². The summed E-state index contributed by atoms with van der Waals surface area (Å²) in [5, 5.41) is 8.71. The molecule has 0 aliphatic rings. The molecule has 25 heavy (non-hydrogen) atoms. The summed E-state index contributed by atoms with van der Waals surface area (Å²) in [5.41, 5.74) is 6.95. The Morgan fingerprint density at radius 2 is 1.60 bits per heavy atom. The molecule has 1 heterocycles. The highest BCUT2D eigenvalue weighted by molar-refractivity contribution is 6.07. The van der Waals surface area contributed by atoms with Gasteiger partial charge in [0, 0.05) is 16.5 Å². The van der Waals surface area contributed by atoms with Crippen LogP contribution >= 0.6 is 0 Å². The van der Waals surface area contributed by atoms with Crippen molar-refractivity contribution in [2.24, 2.45) is 0 Å². The van der Waals surface area contributed by atoms with Crippen molar-refractivity contribution in [3.8, 4) is 11.4 Å². The van der Waals surface area contributed by atoms with Crippen LogP contribution < -0.4 is 4.74 Å². The van der Waals surface area contributed by atoms with Gasteiger partial charge in [-0.15, -0.1) is 0 Å². The Bertz CT molecular complexity index is 1100. The van der Waals surface area contributed by atoms with E-state index < -0.39 is 0 Å². The second kappa shape index (κ2) is 5.62. The lowest BCUT2D eigenvalue weighted by Gasteiger charge is -2.13. The molecule has 0 saturated carbocycles. The number of benzene rings is 3. The van der Waals surface area contributed by atoms with Gasteiger partial charge in [-0.1, -0.05) is 30.3 Å². The molecule has 3 heteroatoms. The Morgan fingerprint density at radius 1 is 0.880 bits per heavy atom. The Hall–Kier alpha value is -2.81. The Labute approximate surface area is 147 Å². The van der Waals surface area contributed by atoms with Gasteiger partial charge in [-0.05, 0) is 61.9 Å². The zero-order valence-electron chi connectivity index (χ0n) is 15.3. The van der Waals surface area contributed by atoms with Crippen LogP contribution in [0.5, 0.6) is 5.75 Å². The van der Waals surface area contributed by atoms with Gasteiger partial charge in [0.25, 0.3) is 0 Å². The van der Waals surface area contributed by atoms with E-state index in [9.17, 15) is 0 Å². The first-order valence-electron chi connectivity index (χ1n) is 8.54. The summed E-state index contributed by atoms with van der Waals surface area (Å²) < 4.78 is 7.48. The van der Waals surface area contributed by atoms with Crippen LogP contribution in [0.4, 0.5) is 0 Å². The predicted molar refractivity (Wildman–Crippen MR) is 104 cm³/mol. The standard InChI is InChI=1S/C22H22N2O/c1-13-7-6-8-17-9-10-19-16(4)24(23-21(19)20(13)17)22-14(2)11-18(25-5)12-15(22)3/h6-12H,1-5H3. The summed E-state index contributed by atoms with van der Waals surface area (Å²) in [6, 6.07) is 14.9. The molecule has 0 bridgehead atoms.